The number of halogens is 1. The Balaban J connectivity index is 2.24. The van der Waals surface area contributed by atoms with E-state index in [2.05, 4.69) is 15.9 Å². The molecule has 2 aromatic rings. The summed E-state index contributed by atoms with van der Waals surface area (Å²) in [6.45, 7) is 0.400. The third-order valence-corrected chi connectivity index (χ3v) is 5.45. The Labute approximate surface area is 183 Å². The van der Waals surface area contributed by atoms with Gasteiger partial charge in [-0.2, -0.15) is 0 Å². The van der Waals surface area contributed by atoms with Crippen LogP contribution in [0.5, 0.6) is 11.5 Å². The lowest BCUT2D eigenvalue weighted by atomic mass is 9.94. The second kappa shape index (κ2) is 9.32. The van der Waals surface area contributed by atoms with Crippen molar-refractivity contribution in [3.05, 3.63) is 63.6 Å². The summed E-state index contributed by atoms with van der Waals surface area (Å²) in [5.41, 5.74) is 0.950. The maximum atomic E-state index is 13.0. The molecule has 1 N–H and O–H groups in total. The number of benzene rings is 2. The average molecular weight is 476 g/mol. The fourth-order valence-corrected chi connectivity index (χ4v) is 3.78. The maximum Gasteiger partial charge on any atom is 0.295 e. The molecule has 1 heterocycles. The molecule has 0 spiro atoms. The van der Waals surface area contributed by atoms with Gasteiger partial charge in [0.1, 0.15) is 5.76 Å². The molecule has 3 rings (SSSR count). The van der Waals surface area contributed by atoms with Gasteiger partial charge in [-0.25, -0.2) is 0 Å². The zero-order chi connectivity index (χ0) is 21.8. The molecule has 1 aliphatic heterocycles. The Hall–Kier alpha value is -2.84. The van der Waals surface area contributed by atoms with Gasteiger partial charge >= 0.3 is 0 Å². The van der Waals surface area contributed by atoms with Crippen LogP contribution >= 0.6 is 15.9 Å². The number of ether oxygens (including phenoxy) is 3. The van der Waals surface area contributed by atoms with Crippen molar-refractivity contribution in [3.63, 3.8) is 0 Å². The van der Waals surface area contributed by atoms with Crippen LogP contribution in [0.4, 0.5) is 0 Å². The number of hydrogen-bond donors (Lipinski definition) is 1. The number of Topliss-reactive ketones (excluding diaryl/α,β-unsaturated/α-hetero) is 1. The van der Waals surface area contributed by atoms with Crippen LogP contribution in [0, 0.1) is 0 Å². The van der Waals surface area contributed by atoms with E-state index in [9.17, 15) is 14.7 Å². The normalized spacial score (nSPS) is 18.0. The van der Waals surface area contributed by atoms with Gasteiger partial charge in [-0.3, -0.25) is 9.59 Å². The average Bonchev–Trinajstić information content (AvgIpc) is 3.01. The van der Waals surface area contributed by atoms with Crippen LogP contribution in [0.3, 0.4) is 0 Å². The van der Waals surface area contributed by atoms with Crippen LogP contribution < -0.4 is 9.47 Å². The first-order chi connectivity index (χ1) is 14.4. The standard InChI is InChI=1S/C22H22BrNO6/c1-28-12-11-24-18(15-5-4-6-16(29-2)21(15)30-3)17(20(26)22(24)27)19(25)13-7-9-14(23)10-8-13/h4-10,18,25H,11-12H2,1-3H3/b19-17+. The molecule has 7 nitrogen and oxygen atoms in total. The van der Waals surface area contributed by atoms with Gasteiger partial charge in [0.05, 0.1) is 32.4 Å². The molecule has 30 heavy (non-hydrogen) atoms. The molecular formula is C22H22BrNO6. The summed E-state index contributed by atoms with van der Waals surface area (Å²) in [5.74, 6) is -0.885. The molecule has 1 saturated heterocycles. The molecule has 1 amide bonds. The van der Waals surface area contributed by atoms with Crippen molar-refractivity contribution in [3.8, 4) is 11.5 Å². The first kappa shape index (κ1) is 21.9. The van der Waals surface area contributed by atoms with Gasteiger partial charge < -0.3 is 24.2 Å². The number of aliphatic hydroxyl groups is 1. The largest absolute Gasteiger partial charge is 0.507 e. The highest BCUT2D eigenvalue weighted by Crippen LogP contribution is 2.45. The van der Waals surface area contributed by atoms with Gasteiger partial charge in [0, 0.05) is 29.3 Å². The summed E-state index contributed by atoms with van der Waals surface area (Å²) >= 11 is 3.35. The number of hydrogen-bond acceptors (Lipinski definition) is 6. The lowest BCUT2D eigenvalue weighted by Gasteiger charge is -2.27. The van der Waals surface area contributed by atoms with Crippen molar-refractivity contribution in [2.24, 2.45) is 0 Å². The molecule has 0 aliphatic carbocycles. The first-order valence-electron chi connectivity index (χ1n) is 9.18. The van der Waals surface area contributed by atoms with E-state index in [4.69, 9.17) is 14.2 Å². The minimum atomic E-state index is -0.853. The third-order valence-electron chi connectivity index (χ3n) is 4.92. The van der Waals surface area contributed by atoms with E-state index in [-0.39, 0.29) is 24.5 Å². The van der Waals surface area contributed by atoms with Crippen molar-refractivity contribution in [1.29, 1.82) is 0 Å². The van der Waals surface area contributed by atoms with Crippen LogP contribution in [0.25, 0.3) is 5.76 Å². The molecule has 1 atom stereocenters. The smallest absolute Gasteiger partial charge is 0.295 e. The van der Waals surface area contributed by atoms with Crippen LogP contribution in [0.1, 0.15) is 17.2 Å². The number of likely N-dealkylation sites (tertiary alicyclic amines) is 1. The van der Waals surface area contributed by atoms with E-state index in [1.54, 1.807) is 42.5 Å². The molecule has 2 aromatic carbocycles. The molecular weight excluding hydrogens is 454 g/mol. The summed E-state index contributed by atoms with van der Waals surface area (Å²) in [6, 6.07) is 11.2. The van der Waals surface area contributed by atoms with E-state index < -0.39 is 17.7 Å². The van der Waals surface area contributed by atoms with E-state index in [0.717, 1.165) is 4.47 Å². The summed E-state index contributed by atoms with van der Waals surface area (Å²) < 4.78 is 16.9. The lowest BCUT2D eigenvalue weighted by Crippen LogP contribution is -2.32. The lowest BCUT2D eigenvalue weighted by molar-refractivity contribution is -0.140. The molecule has 0 radical (unpaired) electrons. The topological polar surface area (TPSA) is 85.3 Å². The summed E-state index contributed by atoms with van der Waals surface area (Å²) in [6.07, 6.45) is 0. The highest BCUT2D eigenvalue weighted by atomic mass is 79.9. The summed E-state index contributed by atoms with van der Waals surface area (Å²) in [4.78, 5) is 27.2. The van der Waals surface area contributed by atoms with Gasteiger partial charge in [0.2, 0.25) is 0 Å². The van der Waals surface area contributed by atoms with Gasteiger partial charge in [-0.05, 0) is 18.2 Å². The summed E-state index contributed by atoms with van der Waals surface area (Å²) in [7, 11) is 4.50. The van der Waals surface area contributed by atoms with Crippen LogP contribution in [-0.2, 0) is 14.3 Å². The number of para-hydroxylation sites is 1. The number of ketones is 1. The Morgan fingerprint density at radius 1 is 1.07 bits per heavy atom. The molecule has 8 heteroatoms. The van der Waals surface area contributed by atoms with Gasteiger partial charge in [-0.1, -0.05) is 40.2 Å². The fourth-order valence-electron chi connectivity index (χ4n) is 3.51. The predicted molar refractivity (Wildman–Crippen MR) is 115 cm³/mol. The molecule has 0 aromatic heterocycles. The quantitative estimate of drug-likeness (QED) is 0.374. The van der Waals surface area contributed by atoms with E-state index in [1.807, 2.05) is 0 Å². The number of carbonyl (C=O) groups excluding carboxylic acids is 2. The Morgan fingerprint density at radius 2 is 1.77 bits per heavy atom. The van der Waals surface area contributed by atoms with Crippen LogP contribution in [-0.4, -0.2) is 56.2 Å². The number of methoxy groups -OCH3 is 3. The highest BCUT2D eigenvalue weighted by molar-refractivity contribution is 9.10. The van der Waals surface area contributed by atoms with Crippen molar-refractivity contribution in [2.75, 3.05) is 34.5 Å². The van der Waals surface area contributed by atoms with Crippen LogP contribution in [0.2, 0.25) is 0 Å². The fraction of sp³-hybridized carbons (Fsp3) is 0.273. The van der Waals surface area contributed by atoms with Gasteiger partial charge in [0.15, 0.2) is 11.5 Å². The predicted octanol–water partition coefficient (Wildman–Crippen LogP) is 3.53. The maximum absolute atomic E-state index is 13.0. The Kier molecular flexibility index (Phi) is 6.79. The zero-order valence-electron chi connectivity index (χ0n) is 16.8. The number of carbonyl (C=O) groups is 2. The van der Waals surface area contributed by atoms with E-state index in [0.29, 0.717) is 22.6 Å². The molecule has 158 valence electrons. The van der Waals surface area contributed by atoms with Crippen LogP contribution in [0.15, 0.2) is 52.5 Å². The van der Waals surface area contributed by atoms with E-state index >= 15 is 0 Å². The van der Waals surface area contributed by atoms with E-state index in [1.165, 1.54) is 26.2 Å². The zero-order valence-corrected chi connectivity index (χ0v) is 18.4. The number of aliphatic hydroxyl groups excluding tert-OH is 1. The van der Waals surface area contributed by atoms with Gasteiger partial charge in [0.25, 0.3) is 11.7 Å². The van der Waals surface area contributed by atoms with Crippen molar-refractivity contribution >= 4 is 33.4 Å². The number of nitrogens with zero attached hydrogens (tertiary/aromatic N) is 1. The minimum Gasteiger partial charge on any atom is -0.507 e. The molecule has 1 unspecified atom stereocenters. The van der Waals surface area contributed by atoms with Crippen molar-refractivity contribution in [2.45, 2.75) is 6.04 Å². The SMILES string of the molecule is COCCN1C(=O)C(=O)/C(=C(/O)c2ccc(Br)cc2)C1c1cccc(OC)c1OC. The molecule has 1 aliphatic rings. The Morgan fingerprint density at radius 3 is 2.37 bits per heavy atom. The number of amides is 1. The molecule has 0 saturated carbocycles. The van der Waals surface area contributed by atoms with Crippen molar-refractivity contribution in [1.82, 2.24) is 4.90 Å². The number of rotatable bonds is 7. The monoisotopic (exact) mass is 475 g/mol. The Bertz CT molecular complexity index is 986. The highest BCUT2D eigenvalue weighted by Gasteiger charge is 2.47. The second-order valence-electron chi connectivity index (χ2n) is 6.57. The first-order valence-corrected chi connectivity index (χ1v) is 9.98. The third kappa shape index (κ3) is 3.93. The molecule has 0 bridgehead atoms. The summed E-state index contributed by atoms with van der Waals surface area (Å²) in [5, 5.41) is 11.0. The van der Waals surface area contributed by atoms with Crippen molar-refractivity contribution < 1.29 is 28.9 Å². The minimum absolute atomic E-state index is 0.00928. The second-order valence-corrected chi connectivity index (χ2v) is 7.49. The van der Waals surface area contributed by atoms with Gasteiger partial charge in [-0.15, -0.1) is 0 Å². The molecule has 1 fully saturated rings.